The van der Waals surface area contributed by atoms with Crippen LogP contribution < -0.4 is 0 Å². The molecule has 1 aromatic rings. The summed E-state index contributed by atoms with van der Waals surface area (Å²) in [5.74, 6) is -2.67. The number of nitrogens with zero attached hydrogens (tertiary/aromatic N) is 2. The standard InChI is InChI=1S/C7H5NO6S.C7H5NO4/c9-7(10)5-3-4(8(11)12)1-2-6(5)15(13)14;9-7(10)5-2-1-3-6(4-5)8(11)12/h1,3H,2H2,(H,9,10);1-4H,(H,9,10). The third kappa shape index (κ3) is 5.86. The summed E-state index contributed by atoms with van der Waals surface area (Å²) in [5, 5.41) is 37.6. The fourth-order valence-electron chi connectivity index (χ4n) is 1.81. The van der Waals surface area contributed by atoms with Crippen molar-refractivity contribution in [3.8, 4) is 0 Å². The number of nitro groups is 2. The number of aliphatic carboxylic acids is 1. The molecule has 1 aliphatic rings. The van der Waals surface area contributed by atoms with Crippen LogP contribution in [0.25, 0.3) is 0 Å². The molecule has 0 saturated heterocycles. The quantitative estimate of drug-likeness (QED) is 0.418. The number of aromatic carboxylic acids is 1. The maximum atomic E-state index is 10.6. The molecule has 13 heteroatoms. The molecule has 12 nitrogen and oxygen atoms in total. The molecule has 1 aromatic carbocycles. The summed E-state index contributed by atoms with van der Waals surface area (Å²) in [6.45, 7) is 0. The first-order valence-corrected chi connectivity index (χ1v) is 7.84. The molecule has 0 atom stereocenters. The number of non-ortho nitro benzene ring substituents is 1. The molecule has 2 N–H and O–H groups in total. The molecule has 0 saturated carbocycles. The van der Waals surface area contributed by atoms with Crippen molar-refractivity contribution in [1.82, 2.24) is 0 Å². The Hall–Kier alpha value is -3.87. The minimum absolute atomic E-state index is 0.0794. The fraction of sp³-hybridized carbons (Fsp3) is 0.0714. The number of hydrogen-bond donors (Lipinski definition) is 2. The molecule has 0 spiro atoms. The van der Waals surface area contributed by atoms with Crippen LogP contribution in [0, 0.1) is 20.2 Å². The van der Waals surface area contributed by atoms with E-state index in [2.05, 4.69) is 0 Å². The number of carboxylic acids is 2. The Kier molecular flexibility index (Phi) is 7.06. The van der Waals surface area contributed by atoms with Crippen molar-refractivity contribution in [3.05, 3.63) is 73.5 Å². The molecule has 0 amide bonds. The SMILES string of the molecule is O=C(O)C1=CC([N+](=O)[O-])=CCC1=S(=O)=O.O=C(O)c1cccc([N+](=O)[O-])c1. The van der Waals surface area contributed by atoms with Crippen molar-refractivity contribution in [2.75, 3.05) is 0 Å². The van der Waals surface area contributed by atoms with E-state index >= 15 is 0 Å². The third-order valence-electron chi connectivity index (χ3n) is 3.04. The van der Waals surface area contributed by atoms with Gasteiger partial charge in [-0.1, -0.05) is 6.07 Å². The van der Waals surface area contributed by atoms with Crippen molar-refractivity contribution in [3.63, 3.8) is 0 Å². The predicted octanol–water partition coefficient (Wildman–Crippen LogP) is 0.906. The van der Waals surface area contributed by atoms with E-state index in [9.17, 15) is 38.2 Å². The van der Waals surface area contributed by atoms with Gasteiger partial charge in [-0.25, -0.2) is 9.59 Å². The van der Waals surface area contributed by atoms with E-state index in [0.717, 1.165) is 18.2 Å². The van der Waals surface area contributed by atoms with Gasteiger partial charge in [0.05, 0.1) is 25.8 Å². The van der Waals surface area contributed by atoms with Crippen LogP contribution in [0.2, 0.25) is 0 Å². The van der Waals surface area contributed by atoms with Crippen LogP contribution in [0.15, 0.2) is 47.7 Å². The molecule has 1 aliphatic carbocycles. The Morgan fingerprint density at radius 3 is 2.11 bits per heavy atom. The summed E-state index contributed by atoms with van der Waals surface area (Å²) in [4.78, 5) is 39.7. The normalized spacial score (nSPS) is 12.7. The first kappa shape index (κ1) is 21.2. The summed E-state index contributed by atoms with van der Waals surface area (Å²) in [5.41, 5.74) is -1.27. The predicted molar refractivity (Wildman–Crippen MR) is 89.4 cm³/mol. The van der Waals surface area contributed by atoms with Gasteiger partial charge in [0.1, 0.15) is 0 Å². The number of nitro benzene ring substituents is 1. The van der Waals surface area contributed by atoms with Crippen LogP contribution in [-0.2, 0) is 15.1 Å². The van der Waals surface area contributed by atoms with Crippen molar-refractivity contribution in [2.24, 2.45) is 0 Å². The van der Waals surface area contributed by atoms with Crippen molar-refractivity contribution < 1.29 is 38.1 Å². The summed E-state index contributed by atoms with van der Waals surface area (Å²) in [6, 6.07) is 4.89. The molecule has 0 fully saturated rings. The Bertz CT molecular complexity index is 983. The van der Waals surface area contributed by atoms with Crippen molar-refractivity contribution in [2.45, 2.75) is 6.42 Å². The van der Waals surface area contributed by atoms with Gasteiger partial charge in [0.15, 0.2) is 0 Å². The Balaban J connectivity index is 0.000000277. The number of rotatable bonds is 4. The zero-order chi connectivity index (χ0) is 20.7. The van der Waals surface area contributed by atoms with E-state index in [-0.39, 0.29) is 22.5 Å². The first-order valence-electron chi connectivity index (χ1n) is 6.77. The van der Waals surface area contributed by atoms with Gasteiger partial charge < -0.3 is 10.2 Å². The van der Waals surface area contributed by atoms with E-state index in [1.54, 1.807) is 0 Å². The highest BCUT2D eigenvalue weighted by Gasteiger charge is 2.24. The lowest BCUT2D eigenvalue weighted by Gasteiger charge is -2.05. The summed E-state index contributed by atoms with van der Waals surface area (Å²) < 4.78 is 21.2. The summed E-state index contributed by atoms with van der Waals surface area (Å²) >= 11 is 0. The van der Waals surface area contributed by atoms with E-state index in [1.165, 1.54) is 18.2 Å². The highest BCUT2D eigenvalue weighted by atomic mass is 32.2. The van der Waals surface area contributed by atoms with E-state index in [1.807, 2.05) is 0 Å². The first-order chi connectivity index (χ1) is 12.5. The molecule has 27 heavy (non-hydrogen) atoms. The molecule has 0 aliphatic heterocycles. The smallest absolute Gasteiger partial charge is 0.337 e. The van der Waals surface area contributed by atoms with Crippen LogP contribution in [0.1, 0.15) is 16.8 Å². The van der Waals surface area contributed by atoms with Gasteiger partial charge in [0, 0.05) is 24.6 Å². The Morgan fingerprint density at radius 1 is 1.04 bits per heavy atom. The lowest BCUT2D eigenvalue weighted by atomic mass is 10.0. The average molecular weight is 398 g/mol. The van der Waals surface area contributed by atoms with E-state index in [4.69, 9.17) is 10.2 Å². The Labute approximate surface area is 151 Å². The number of carboxylic acid groups (broad SMARTS) is 2. The van der Waals surface area contributed by atoms with Gasteiger partial charge in [-0.05, 0) is 12.1 Å². The van der Waals surface area contributed by atoms with Gasteiger partial charge in [0.25, 0.3) is 11.4 Å². The van der Waals surface area contributed by atoms with Gasteiger partial charge >= 0.3 is 11.9 Å². The average Bonchev–Trinajstić information content (AvgIpc) is 2.61. The van der Waals surface area contributed by atoms with Gasteiger partial charge in [-0.15, -0.1) is 0 Å². The molecule has 0 aromatic heterocycles. The number of hydrogen-bond acceptors (Lipinski definition) is 8. The van der Waals surface area contributed by atoms with Crippen LogP contribution >= 0.6 is 0 Å². The number of benzene rings is 1. The van der Waals surface area contributed by atoms with Gasteiger partial charge in [-0.2, -0.15) is 8.42 Å². The zero-order valence-electron chi connectivity index (χ0n) is 13.1. The minimum Gasteiger partial charge on any atom is -0.478 e. The van der Waals surface area contributed by atoms with E-state index < -0.39 is 43.3 Å². The highest BCUT2D eigenvalue weighted by Crippen LogP contribution is 2.15. The molecular weight excluding hydrogens is 388 g/mol. The second-order valence-corrected chi connectivity index (χ2v) is 5.69. The molecule has 2 rings (SSSR count). The monoisotopic (exact) mass is 398 g/mol. The lowest BCUT2D eigenvalue weighted by Crippen LogP contribution is -2.17. The fourth-order valence-corrected chi connectivity index (χ4v) is 2.36. The minimum atomic E-state index is -2.68. The van der Waals surface area contributed by atoms with Crippen LogP contribution in [-0.4, -0.2) is 45.3 Å². The lowest BCUT2D eigenvalue weighted by molar-refractivity contribution is -0.419. The van der Waals surface area contributed by atoms with Gasteiger partial charge in [0.2, 0.25) is 10.3 Å². The molecule has 142 valence electrons. The maximum absolute atomic E-state index is 10.6. The second-order valence-electron chi connectivity index (χ2n) is 4.72. The van der Waals surface area contributed by atoms with Crippen LogP contribution in [0.5, 0.6) is 0 Å². The number of carbonyl (C=O) groups is 2. The molecule has 0 unspecified atom stereocenters. The zero-order valence-corrected chi connectivity index (χ0v) is 14.0. The summed E-state index contributed by atoms with van der Waals surface area (Å²) in [6.07, 6.45) is 1.51. The highest BCUT2D eigenvalue weighted by molar-refractivity contribution is 7.73. The van der Waals surface area contributed by atoms with E-state index in [0.29, 0.717) is 0 Å². The molecule has 0 radical (unpaired) electrons. The molecular formula is C14H10N2O10S. The third-order valence-corrected chi connectivity index (χ3v) is 3.82. The van der Waals surface area contributed by atoms with Crippen molar-refractivity contribution >= 4 is 32.8 Å². The van der Waals surface area contributed by atoms with Crippen molar-refractivity contribution in [1.29, 1.82) is 0 Å². The number of allylic oxidation sites excluding steroid dienone is 2. The topological polar surface area (TPSA) is 195 Å². The summed E-state index contributed by atoms with van der Waals surface area (Å²) in [7, 11) is -2.68. The second kappa shape index (κ2) is 9.00. The largest absolute Gasteiger partial charge is 0.478 e. The van der Waals surface area contributed by atoms with Crippen LogP contribution in [0.3, 0.4) is 0 Å². The molecule has 0 heterocycles. The molecule has 0 bridgehead atoms. The van der Waals surface area contributed by atoms with Crippen LogP contribution in [0.4, 0.5) is 5.69 Å². The maximum Gasteiger partial charge on any atom is 0.337 e. The Morgan fingerprint density at radius 2 is 1.67 bits per heavy atom. The van der Waals surface area contributed by atoms with Gasteiger partial charge in [-0.3, -0.25) is 20.2 Å².